The minimum absolute atomic E-state index is 0.00920. The van der Waals surface area contributed by atoms with Crippen LogP contribution in [0.15, 0.2) is 75.1 Å². The molecule has 196 valence electrons. The third-order valence-electron chi connectivity index (χ3n) is 5.76. The summed E-state index contributed by atoms with van der Waals surface area (Å²) in [7, 11) is -3.83. The van der Waals surface area contributed by atoms with Gasteiger partial charge < -0.3 is 9.32 Å². The lowest BCUT2D eigenvalue weighted by molar-refractivity contribution is -0.145. The van der Waals surface area contributed by atoms with Crippen molar-refractivity contribution in [1.82, 2.24) is 14.6 Å². The average molecular weight is 525 g/mol. The number of aryl methyl sites for hydroxylation is 2. The number of amides is 2. The van der Waals surface area contributed by atoms with Crippen molar-refractivity contribution >= 4 is 28.1 Å². The van der Waals surface area contributed by atoms with Crippen molar-refractivity contribution in [1.29, 1.82) is 0 Å². The summed E-state index contributed by atoms with van der Waals surface area (Å²) in [6, 6.07) is 17.6. The first kappa shape index (κ1) is 27.8. The molecule has 0 bridgehead atoms. The minimum atomic E-state index is -3.83. The molecule has 1 heterocycles. The van der Waals surface area contributed by atoms with Gasteiger partial charge in [-0.1, -0.05) is 47.5 Å². The highest BCUT2D eigenvalue weighted by Gasteiger charge is 2.26. The first-order valence-corrected chi connectivity index (χ1v) is 13.4. The van der Waals surface area contributed by atoms with Crippen molar-refractivity contribution in [2.75, 3.05) is 13.1 Å². The van der Waals surface area contributed by atoms with Gasteiger partial charge in [-0.2, -0.15) is 9.41 Å². The summed E-state index contributed by atoms with van der Waals surface area (Å²) >= 11 is 0. The largest absolute Gasteiger partial charge is 0.459 e. The Labute approximate surface area is 217 Å². The van der Waals surface area contributed by atoms with E-state index >= 15 is 0 Å². The van der Waals surface area contributed by atoms with E-state index in [2.05, 4.69) is 10.5 Å². The van der Waals surface area contributed by atoms with Crippen LogP contribution in [0.2, 0.25) is 0 Å². The van der Waals surface area contributed by atoms with Crippen molar-refractivity contribution < 1.29 is 22.4 Å². The molecule has 3 aromatic rings. The number of likely N-dealkylation sites (N-methyl/N-ethyl adjacent to an activating group) is 1. The van der Waals surface area contributed by atoms with Gasteiger partial charge in [0.1, 0.15) is 11.5 Å². The van der Waals surface area contributed by atoms with Crippen LogP contribution in [0.3, 0.4) is 0 Å². The summed E-state index contributed by atoms with van der Waals surface area (Å²) in [5.74, 6) is -0.820. The highest BCUT2D eigenvalue weighted by atomic mass is 32.2. The minimum Gasteiger partial charge on any atom is -0.459 e. The summed E-state index contributed by atoms with van der Waals surface area (Å²) in [5.41, 5.74) is 5.08. The Morgan fingerprint density at radius 2 is 1.49 bits per heavy atom. The van der Waals surface area contributed by atoms with Crippen molar-refractivity contribution in [3.8, 4) is 0 Å². The monoisotopic (exact) mass is 524 g/mol. The smallest absolute Gasteiger partial charge is 0.329 e. The van der Waals surface area contributed by atoms with Gasteiger partial charge in [-0.05, 0) is 57.5 Å². The lowest BCUT2D eigenvalue weighted by atomic mass is 10.1. The quantitative estimate of drug-likeness (QED) is 0.247. The maximum atomic E-state index is 13.5. The van der Waals surface area contributed by atoms with Gasteiger partial charge in [-0.15, -0.1) is 0 Å². The number of rotatable bonds is 10. The van der Waals surface area contributed by atoms with E-state index in [1.165, 1.54) is 15.4 Å². The number of carbonyl (C=O) groups excluding carboxylic acids is 2. The van der Waals surface area contributed by atoms with E-state index in [0.717, 1.165) is 16.7 Å². The Morgan fingerprint density at radius 3 is 2.08 bits per heavy atom. The summed E-state index contributed by atoms with van der Waals surface area (Å²) in [5, 5.41) is 3.79. The van der Waals surface area contributed by atoms with Crippen LogP contribution in [0, 0.1) is 13.8 Å². The van der Waals surface area contributed by atoms with Gasteiger partial charge in [-0.3, -0.25) is 9.59 Å². The van der Waals surface area contributed by atoms with Crippen LogP contribution in [-0.4, -0.2) is 48.7 Å². The molecule has 10 heteroatoms. The maximum absolute atomic E-state index is 13.5. The molecule has 0 saturated carbocycles. The van der Waals surface area contributed by atoms with E-state index in [1.807, 2.05) is 38.1 Å². The number of nitrogens with one attached hydrogen (secondary N) is 1. The molecule has 0 aliphatic heterocycles. The Kier molecular flexibility index (Phi) is 9.37. The Hall–Kier alpha value is -3.76. The lowest BCUT2D eigenvalue weighted by Gasteiger charge is -2.21. The molecule has 0 atom stereocenters. The first-order chi connectivity index (χ1) is 17.6. The van der Waals surface area contributed by atoms with E-state index in [9.17, 15) is 18.0 Å². The van der Waals surface area contributed by atoms with Crippen molar-refractivity contribution in [2.45, 2.75) is 45.7 Å². The Balaban J connectivity index is 1.77. The molecule has 37 heavy (non-hydrogen) atoms. The van der Waals surface area contributed by atoms with Crippen LogP contribution in [0.5, 0.6) is 0 Å². The van der Waals surface area contributed by atoms with Crippen molar-refractivity contribution in [3.05, 3.63) is 88.9 Å². The van der Waals surface area contributed by atoms with Crippen LogP contribution >= 0.6 is 0 Å². The normalized spacial score (nSPS) is 11.7. The van der Waals surface area contributed by atoms with Gasteiger partial charge in [0.25, 0.3) is 0 Å². The predicted molar refractivity (Wildman–Crippen MR) is 141 cm³/mol. The summed E-state index contributed by atoms with van der Waals surface area (Å²) < 4.78 is 34.1. The lowest BCUT2D eigenvalue weighted by Crippen LogP contribution is -2.41. The topological polar surface area (TPSA) is 112 Å². The van der Waals surface area contributed by atoms with E-state index in [0.29, 0.717) is 24.6 Å². The SMILES string of the molecule is CCN(CC)C(=O)C(=O)N/N=C/c1ccc(CN(Cc2ccc(C)cc2)S(=O)(=O)c2ccc(C)cc2)o1. The van der Waals surface area contributed by atoms with Crippen LogP contribution in [0.25, 0.3) is 0 Å². The highest BCUT2D eigenvalue weighted by Crippen LogP contribution is 2.22. The Morgan fingerprint density at radius 1 is 0.892 bits per heavy atom. The number of sulfonamides is 1. The molecule has 0 spiro atoms. The highest BCUT2D eigenvalue weighted by molar-refractivity contribution is 7.89. The van der Waals surface area contributed by atoms with Crippen molar-refractivity contribution in [2.24, 2.45) is 5.10 Å². The van der Waals surface area contributed by atoms with E-state index in [4.69, 9.17) is 4.42 Å². The third kappa shape index (κ3) is 7.37. The van der Waals surface area contributed by atoms with Crippen LogP contribution in [0.1, 0.15) is 42.1 Å². The molecule has 9 nitrogen and oxygen atoms in total. The number of carbonyl (C=O) groups is 2. The standard InChI is InChI=1S/C27H32N4O5S/c1-5-30(6-2)27(33)26(32)29-28-17-23-13-14-24(36-23)19-31(18-22-11-7-20(3)8-12-22)37(34,35)25-15-9-21(4)10-16-25/h7-17H,5-6,18-19H2,1-4H3,(H,29,32)/b28-17+. The second kappa shape index (κ2) is 12.5. The van der Waals surface area contributed by atoms with Gasteiger partial charge in [-0.25, -0.2) is 13.8 Å². The van der Waals surface area contributed by atoms with E-state index in [1.54, 1.807) is 50.2 Å². The number of hydrazone groups is 1. The molecular weight excluding hydrogens is 492 g/mol. The number of benzene rings is 2. The maximum Gasteiger partial charge on any atom is 0.329 e. The zero-order valence-corrected chi connectivity index (χ0v) is 22.3. The second-order valence-electron chi connectivity index (χ2n) is 8.55. The molecule has 0 aliphatic carbocycles. The summed E-state index contributed by atoms with van der Waals surface area (Å²) in [6.07, 6.45) is 1.26. The molecule has 2 aromatic carbocycles. The number of furan rings is 1. The van der Waals surface area contributed by atoms with Crippen LogP contribution in [-0.2, 0) is 32.7 Å². The molecule has 0 saturated heterocycles. The first-order valence-electron chi connectivity index (χ1n) is 12.0. The molecule has 0 aliphatic rings. The van der Waals surface area contributed by atoms with E-state index < -0.39 is 21.8 Å². The van der Waals surface area contributed by atoms with E-state index in [-0.39, 0.29) is 18.0 Å². The fraction of sp³-hybridized carbons (Fsp3) is 0.296. The molecule has 3 rings (SSSR count). The number of hydrogen-bond donors (Lipinski definition) is 1. The second-order valence-corrected chi connectivity index (χ2v) is 10.5. The fourth-order valence-corrected chi connectivity index (χ4v) is 4.96. The van der Waals surface area contributed by atoms with Gasteiger partial charge in [0.15, 0.2) is 0 Å². The average Bonchev–Trinajstić information content (AvgIpc) is 3.33. The van der Waals surface area contributed by atoms with Gasteiger partial charge in [0, 0.05) is 19.6 Å². The molecule has 1 aromatic heterocycles. The van der Waals surface area contributed by atoms with Gasteiger partial charge in [0.05, 0.1) is 17.7 Å². The summed E-state index contributed by atoms with van der Waals surface area (Å²) in [4.78, 5) is 25.6. The fourth-order valence-electron chi connectivity index (χ4n) is 3.56. The van der Waals surface area contributed by atoms with Crippen LogP contribution < -0.4 is 5.43 Å². The Bertz CT molecular complexity index is 1340. The molecule has 0 radical (unpaired) electrons. The molecule has 0 fully saturated rings. The van der Waals surface area contributed by atoms with Gasteiger partial charge >= 0.3 is 11.8 Å². The molecule has 0 unspecified atom stereocenters. The number of nitrogens with zero attached hydrogens (tertiary/aromatic N) is 3. The van der Waals surface area contributed by atoms with Crippen LogP contribution in [0.4, 0.5) is 0 Å². The molecular formula is C27H32N4O5S. The number of hydrogen-bond acceptors (Lipinski definition) is 6. The molecule has 1 N–H and O–H groups in total. The zero-order chi connectivity index (χ0) is 27.0. The van der Waals surface area contributed by atoms with Gasteiger partial charge in [0.2, 0.25) is 10.0 Å². The van der Waals surface area contributed by atoms with Crippen molar-refractivity contribution in [3.63, 3.8) is 0 Å². The zero-order valence-electron chi connectivity index (χ0n) is 21.5. The third-order valence-corrected chi connectivity index (χ3v) is 7.56. The summed E-state index contributed by atoms with van der Waals surface area (Å²) in [6.45, 7) is 8.41. The molecule has 2 amide bonds. The predicted octanol–water partition coefficient (Wildman–Crippen LogP) is 3.61.